The summed E-state index contributed by atoms with van der Waals surface area (Å²) < 4.78 is 2.31. The summed E-state index contributed by atoms with van der Waals surface area (Å²) in [5.41, 5.74) is 2.22. The van der Waals surface area contributed by atoms with Gasteiger partial charge < -0.3 is 9.47 Å². The molecule has 1 aliphatic carbocycles. The number of benzene rings is 1. The van der Waals surface area contributed by atoms with Crippen LogP contribution in [0.4, 0.5) is 0 Å². The van der Waals surface area contributed by atoms with E-state index in [0.29, 0.717) is 18.4 Å². The van der Waals surface area contributed by atoms with Crippen molar-refractivity contribution in [2.24, 2.45) is 5.92 Å². The number of imidazole rings is 1. The van der Waals surface area contributed by atoms with Crippen molar-refractivity contribution >= 4 is 16.9 Å². The van der Waals surface area contributed by atoms with Gasteiger partial charge in [-0.25, -0.2) is 4.98 Å². The van der Waals surface area contributed by atoms with Gasteiger partial charge in [-0.3, -0.25) is 4.79 Å². The molecule has 4 nitrogen and oxygen atoms in total. The Morgan fingerprint density at radius 1 is 1.27 bits per heavy atom. The van der Waals surface area contributed by atoms with E-state index in [1.807, 2.05) is 6.07 Å². The molecule has 2 heterocycles. The first-order chi connectivity index (χ1) is 10.6. The average molecular weight is 297 g/mol. The van der Waals surface area contributed by atoms with Crippen LogP contribution in [0.15, 0.2) is 24.3 Å². The minimum Gasteiger partial charge on any atom is -0.342 e. The van der Waals surface area contributed by atoms with Crippen LogP contribution in [0, 0.1) is 5.92 Å². The summed E-state index contributed by atoms with van der Waals surface area (Å²) in [5, 5.41) is 0. The number of hydrogen-bond donors (Lipinski definition) is 0. The van der Waals surface area contributed by atoms with Crippen LogP contribution in [0.3, 0.4) is 0 Å². The number of hydrogen-bond acceptors (Lipinski definition) is 2. The van der Waals surface area contributed by atoms with Gasteiger partial charge in [0.25, 0.3) is 0 Å². The first kappa shape index (κ1) is 13.8. The van der Waals surface area contributed by atoms with E-state index in [1.165, 1.54) is 18.4 Å². The van der Waals surface area contributed by atoms with Gasteiger partial charge in [-0.05, 0) is 44.7 Å². The fraction of sp³-hybridized carbons (Fsp3) is 0.556. The lowest BCUT2D eigenvalue weighted by atomic mass is 10.1. The predicted octanol–water partition coefficient (Wildman–Crippen LogP) is 3.34. The molecule has 2 aromatic rings. The van der Waals surface area contributed by atoms with Crippen LogP contribution in [0.5, 0.6) is 0 Å². The van der Waals surface area contributed by atoms with E-state index in [9.17, 15) is 4.79 Å². The molecule has 1 aromatic carbocycles. The van der Waals surface area contributed by atoms with E-state index in [0.717, 1.165) is 30.3 Å². The monoisotopic (exact) mass is 297 g/mol. The molecule has 1 saturated carbocycles. The quantitative estimate of drug-likeness (QED) is 0.868. The number of nitrogens with zero attached hydrogens (tertiary/aromatic N) is 3. The zero-order chi connectivity index (χ0) is 15.3. The van der Waals surface area contributed by atoms with E-state index < -0.39 is 0 Å². The van der Waals surface area contributed by atoms with Crippen LogP contribution < -0.4 is 0 Å². The van der Waals surface area contributed by atoms with Crippen molar-refractivity contribution in [1.29, 1.82) is 0 Å². The lowest BCUT2D eigenvalue weighted by Crippen LogP contribution is -2.27. The Labute approximate surface area is 131 Å². The molecule has 0 bridgehead atoms. The van der Waals surface area contributed by atoms with Crippen LogP contribution in [-0.4, -0.2) is 33.4 Å². The van der Waals surface area contributed by atoms with E-state index in [1.54, 1.807) is 0 Å². The molecule has 1 saturated heterocycles. The molecule has 1 aromatic heterocycles. The van der Waals surface area contributed by atoms with Crippen LogP contribution in [0.1, 0.15) is 50.9 Å². The molecular weight excluding hydrogens is 274 g/mol. The van der Waals surface area contributed by atoms with Gasteiger partial charge >= 0.3 is 0 Å². The normalized spacial score (nSPS) is 22.2. The van der Waals surface area contributed by atoms with Gasteiger partial charge in [0.2, 0.25) is 5.91 Å². The van der Waals surface area contributed by atoms with Gasteiger partial charge in [0.05, 0.1) is 11.0 Å². The summed E-state index contributed by atoms with van der Waals surface area (Å²) in [6, 6.07) is 8.64. The Morgan fingerprint density at radius 3 is 2.77 bits per heavy atom. The van der Waals surface area contributed by atoms with Gasteiger partial charge in [-0.2, -0.15) is 0 Å². The fourth-order valence-corrected chi connectivity index (χ4v) is 3.63. The zero-order valence-corrected chi connectivity index (χ0v) is 13.3. The molecule has 1 atom stereocenters. The number of fused-ring (bicyclic) bond motifs is 1. The minimum atomic E-state index is 0.237. The summed E-state index contributed by atoms with van der Waals surface area (Å²) in [6.45, 7) is 6.18. The van der Waals surface area contributed by atoms with Crippen LogP contribution in [0.25, 0.3) is 11.0 Å². The van der Waals surface area contributed by atoms with Crippen molar-refractivity contribution in [1.82, 2.24) is 14.5 Å². The Hall–Kier alpha value is -1.84. The Balaban J connectivity index is 1.68. The van der Waals surface area contributed by atoms with Gasteiger partial charge in [-0.15, -0.1) is 0 Å². The second kappa shape index (κ2) is 5.11. The third-order valence-corrected chi connectivity index (χ3v) is 4.89. The van der Waals surface area contributed by atoms with Crippen molar-refractivity contribution in [3.05, 3.63) is 30.1 Å². The third-order valence-electron chi connectivity index (χ3n) is 4.89. The molecule has 116 valence electrons. The van der Waals surface area contributed by atoms with E-state index >= 15 is 0 Å². The predicted molar refractivity (Wildman–Crippen MR) is 86.8 cm³/mol. The van der Waals surface area contributed by atoms with Gasteiger partial charge in [0.15, 0.2) is 0 Å². The molecule has 0 unspecified atom stereocenters. The number of rotatable bonds is 4. The second-order valence-corrected chi connectivity index (χ2v) is 7.07. The highest BCUT2D eigenvalue weighted by atomic mass is 16.2. The van der Waals surface area contributed by atoms with Crippen molar-refractivity contribution < 1.29 is 4.79 Å². The maximum atomic E-state index is 12.3. The highest BCUT2D eigenvalue weighted by Gasteiger charge is 2.37. The standard InChI is InChI=1S/C18H23N3O/c1-12(2)21-16-6-4-3-5-15(16)19-18(21)14-9-17(22)20(11-14)10-13-7-8-13/h3-6,12-14H,7-11H2,1-2H3/t14-/m1/s1. The molecule has 2 aliphatic rings. The number of likely N-dealkylation sites (tertiary alicyclic amines) is 1. The van der Waals surface area contributed by atoms with E-state index in [4.69, 9.17) is 4.98 Å². The Bertz CT molecular complexity index is 714. The third kappa shape index (κ3) is 2.31. The number of amides is 1. The maximum Gasteiger partial charge on any atom is 0.223 e. The lowest BCUT2D eigenvalue weighted by molar-refractivity contribution is -0.127. The van der Waals surface area contributed by atoms with Gasteiger partial charge in [-0.1, -0.05) is 12.1 Å². The fourth-order valence-electron chi connectivity index (χ4n) is 3.63. The second-order valence-electron chi connectivity index (χ2n) is 7.07. The lowest BCUT2D eigenvalue weighted by Gasteiger charge is -2.18. The molecule has 22 heavy (non-hydrogen) atoms. The van der Waals surface area contributed by atoms with Crippen molar-refractivity contribution in [3.8, 4) is 0 Å². The van der Waals surface area contributed by atoms with E-state index in [-0.39, 0.29) is 5.92 Å². The summed E-state index contributed by atoms with van der Waals surface area (Å²) >= 11 is 0. The van der Waals surface area contributed by atoms with Crippen molar-refractivity contribution in [2.45, 2.75) is 45.1 Å². The van der Waals surface area contributed by atoms with Crippen LogP contribution in [-0.2, 0) is 4.79 Å². The molecule has 2 fully saturated rings. The zero-order valence-electron chi connectivity index (χ0n) is 13.3. The van der Waals surface area contributed by atoms with Gasteiger partial charge in [0, 0.05) is 31.5 Å². The number of para-hydroxylation sites is 2. The topological polar surface area (TPSA) is 38.1 Å². The Kier molecular flexibility index (Phi) is 3.21. The molecule has 0 N–H and O–H groups in total. The molecule has 4 rings (SSSR count). The highest BCUT2D eigenvalue weighted by Crippen LogP contribution is 2.36. The van der Waals surface area contributed by atoms with Gasteiger partial charge in [0.1, 0.15) is 5.82 Å². The SMILES string of the molecule is CC(C)n1c([C@@H]2CC(=O)N(CC3CC3)C2)nc2ccccc21. The van der Waals surface area contributed by atoms with Crippen molar-refractivity contribution in [2.75, 3.05) is 13.1 Å². The minimum absolute atomic E-state index is 0.237. The highest BCUT2D eigenvalue weighted by molar-refractivity contribution is 5.81. The molecule has 4 heteroatoms. The average Bonchev–Trinajstić information content (AvgIpc) is 3.10. The first-order valence-electron chi connectivity index (χ1n) is 8.38. The molecule has 0 spiro atoms. The summed E-state index contributed by atoms with van der Waals surface area (Å²) in [7, 11) is 0. The number of carbonyl (C=O) groups excluding carboxylic acids is 1. The maximum absolute atomic E-state index is 12.3. The molecule has 0 radical (unpaired) electrons. The van der Waals surface area contributed by atoms with Crippen LogP contribution >= 0.6 is 0 Å². The van der Waals surface area contributed by atoms with Crippen LogP contribution in [0.2, 0.25) is 0 Å². The molecule has 1 amide bonds. The smallest absolute Gasteiger partial charge is 0.223 e. The Morgan fingerprint density at radius 2 is 2.05 bits per heavy atom. The summed E-state index contributed by atoms with van der Waals surface area (Å²) in [4.78, 5) is 19.2. The number of aromatic nitrogens is 2. The van der Waals surface area contributed by atoms with Crippen molar-refractivity contribution in [3.63, 3.8) is 0 Å². The molecule has 1 aliphatic heterocycles. The molecular formula is C18H23N3O. The first-order valence-corrected chi connectivity index (χ1v) is 8.38. The summed E-state index contributed by atoms with van der Waals surface area (Å²) in [5.74, 6) is 2.38. The largest absolute Gasteiger partial charge is 0.342 e. The van der Waals surface area contributed by atoms with E-state index in [2.05, 4.69) is 41.5 Å². The number of carbonyl (C=O) groups is 1. The summed E-state index contributed by atoms with van der Waals surface area (Å²) in [6.07, 6.45) is 3.20.